The fourth-order valence-electron chi connectivity index (χ4n) is 4.16. The second-order valence-corrected chi connectivity index (χ2v) is 9.05. The molecule has 172 valence electrons. The van der Waals surface area contributed by atoms with Crippen LogP contribution < -0.4 is 0 Å². The van der Waals surface area contributed by atoms with Crippen molar-refractivity contribution in [1.29, 1.82) is 0 Å². The van der Waals surface area contributed by atoms with Crippen molar-refractivity contribution in [3.05, 3.63) is 66.4 Å². The number of benzene rings is 2. The number of nitrogens with zero attached hydrogens (tertiary/aromatic N) is 5. The largest absolute Gasteiger partial charge is 0.376 e. The summed E-state index contributed by atoms with van der Waals surface area (Å²) >= 11 is 1.49. The number of fused-ring (bicyclic) bond motifs is 1. The summed E-state index contributed by atoms with van der Waals surface area (Å²) < 4.78 is 26.6. The molecular formula is C24H21FN6O2S. The van der Waals surface area contributed by atoms with Crippen LogP contribution in [0.3, 0.4) is 0 Å². The van der Waals surface area contributed by atoms with Crippen LogP contribution in [-0.2, 0) is 17.0 Å². The zero-order valence-corrected chi connectivity index (χ0v) is 19.0. The summed E-state index contributed by atoms with van der Waals surface area (Å²) in [7, 11) is 0. The maximum Gasteiger partial charge on any atom is 0.237 e. The Bertz CT molecular complexity index is 1420. The zero-order chi connectivity index (χ0) is 22.9. The van der Waals surface area contributed by atoms with Gasteiger partial charge in [0, 0.05) is 34.8 Å². The number of aromatic nitrogens is 6. The van der Waals surface area contributed by atoms with Crippen molar-refractivity contribution in [2.75, 3.05) is 6.61 Å². The van der Waals surface area contributed by atoms with Crippen LogP contribution in [-0.4, -0.2) is 42.6 Å². The van der Waals surface area contributed by atoms with Crippen LogP contribution in [0, 0.1) is 5.82 Å². The fraction of sp³-hybridized carbons (Fsp3) is 0.250. The summed E-state index contributed by atoms with van der Waals surface area (Å²) in [6, 6.07) is 14.2. The summed E-state index contributed by atoms with van der Waals surface area (Å²) in [5.74, 6) is 1.82. The van der Waals surface area contributed by atoms with E-state index in [1.165, 1.54) is 23.9 Å². The number of nitrogens with one attached hydrogen (secondary N) is 1. The summed E-state index contributed by atoms with van der Waals surface area (Å²) in [4.78, 5) is 7.77. The van der Waals surface area contributed by atoms with Gasteiger partial charge in [-0.15, -0.1) is 10.2 Å². The molecular weight excluding hydrogens is 455 g/mol. The first kappa shape index (κ1) is 21.1. The number of rotatable bonds is 7. The van der Waals surface area contributed by atoms with Gasteiger partial charge in [-0.05, 0) is 43.2 Å². The van der Waals surface area contributed by atoms with Crippen LogP contribution in [0.5, 0.6) is 0 Å². The summed E-state index contributed by atoms with van der Waals surface area (Å²) in [6.07, 6.45) is 4.18. The molecule has 4 heterocycles. The lowest BCUT2D eigenvalue weighted by Crippen LogP contribution is -2.16. The van der Waals surface area contributed by atoms with Crippen molar-refractivity contribution in [3.63, 3.8) is 0 Å². The minimum atomic E-state index is -0.306. The van der Waals surface area contributed by atoms with E-state index >= 15 is 0 Å². The molecule has 0 spiro atoms. The number of aromatic amines is 1. The lowest BCUT2D eigenvalue weighted by molar-refractivity contribution is 0.0953. The van der Waals surface area contributed by atoms with Crippen molar-refractivity contribution in [2.24, 2.45) is 0 Å². The van der Waals surface area contributed by atoms with E-state index in [9.17, 15) is 4.39 Å². The molecule has 0 radical (unpaired) electrons. The van der Waals surface area contributed by atoms with Crippen LogP contribution in [0.15, 0.2) is 64.4 Å². The highest BCUT2D eigenvalue weighted by Gasteiger charge is 2.23. The van der Waals surface area contributed by atoms with Crippen LogP contribution in [0.4, 0.5) is 4.39 Å². The lowest BCUT2D eigenvalue weighted by Gasteiger charge is -2.14. The van der Waals surface area contributed by atoms with E-state index < -0.39 is 0 Å². The molecule has 1 saturated heterocycles. The number of H-pyrrole nitrogens is 1. The monoisotopic (exact) mass is 476 g/mol. The number of hydrogen-bond acceptors (Lipinski definition) is 7. The first-order valence-electron chi connectivity index (χ1n) is 11.1. The van der Waals surface area contributed by atoms with Crippen LogP contribution in [0.2, 0.25) is 0 Å². The highest BCUT2D eigenvalue weighted by atomic mass is 32.2. The molecule has 1 atom stereocenters. The third-order valence-electron chi connectivity index (χ3n) is 5.85. The van der Waals surface area contributed by atoms with Gasteiger partial charge in [0.1, 0.15) is 5.82 Å². The van der Waals surface area contributed by atoms with Gasteiger partial charge in [0.05, 0.1) is 18.4 Å². The Kier molecular flexibility index (Phi) is 5.60. The number of halogens is 1. The highest BCUT2D eigenvalue weighted by molar-refractivity contribution is 7.98. The molecule has 6 rings (SSSR count). The average molecular weight is 477 g/mol. The van der Waals surface area contributed by atoms with Gasteiger partial charge < -0.3 is 14.2 Å². The SMILES string of the molecule is Fc1ccc(-c2noc(CSc3nnc(-c4c[nH]c5ccccc45)n3CC3CCCO3)n2)cc1. The minimum Gasteiger partial charge on any atom is -0.376 e. The van der Waals surface area contributed by atoms with Crippen molar-refractivity contribution >= 4 is 22.7 Å². The summed E-state index contributed by atoms with van der Waals surface area (Å²) in [5.41, 5.74) is 2.76. The van der Waals surface area contributed by atoms with Gasteiger partial charge in [0.25, 0.3) is 0 Å². The number of thioether (sulfide) groups is 1. The molecule has 0 saturated carbocycles. The van der Waals surface area contributed by atoms with E-state index in [4.69, 9.17) is 9.26 Å². The predicted octanol–water partition coefficient (Wildman–Crippen LogP) is 5.09. The molecule has 10 heteroatoms. The van der Waals surface area contributed by atoms with Gasteiger partial charge in [-0.2, -0.15) is 4.98 Å². The van der Waals surface area contributed by atoms with Gasteiger partial charge in [0.15, 0.2) is 11.0 Å². The zero-order valence-electron chi connectivity index (χ0n) is 18.1. The lowest BCUT2D eigenvalue weighted by atomic mass is 10.1. The molecule has 8 nitrogen and oxygen atoms in total. The Labute approximate surface area is 198 Å². The van der Waals surface area contributed by atoms with E-state index in [1.807, 2.05) is 24.4 Å². The molecule has 1 aliphatic rings. The van der Waals surface area contributed by atoms with E-state index in [-0.39, 0.29) is 11.9 Å². The van der Waals surface area contributed by atoms with E-state index in [1.54, 1.807) is 12.1 Å². The Morgan fingerprint density at radius 1 is 1.12 bits per heavy atom. The Morgan fingerprint density at radius 2 is 2.00 bits per heavy atom. The molecule has 1 unspecified atom stereocenters. The van der Waals surface area contributed by atoms with Gasteiger partial charge in [-0.1, -0.05) is 35.1 Å². The summed E-state index contributed by atoms with van der Waals surface area (Å²) in [5, 5.41) is 14.9. The molecule has 1 aliphatic heterocycles. The normalized spacial score (nSPS) is 16.0. The first-order valence-corrected chi connectivity index (χ1v) is 12.1. The van der Waals surface area contributed by atoms with Crippen LogP contribution in [0.1, 0.15) is 18.7 Å². The van der Waals surface area contributed by atoms with E-state index in [0.29, 0.717) is 29.6 Å². The first-order chi connectivity index (χ1) is 16.7. The molecule has 5 aromatic rings. The second-order valence-electron chi connectivity index (χ2n) is 8.11. The average Bonchev–Trinajstić information content (AvgIpc) is 3.66. The van der Waals surface area contributed by atoms with Gasteiger partial charge >= 0.3 is 0 Å². The van der Waals surface area contributed by atoms with Gasteiger partial charge in [0.2, 0.25) is 11.7 Å². The molecule has 1 fully saturated rings. The van der Waals surface area contributed by atoms with E-state index in [2.05, 4.69) is 36.0 Å². The second kappa shape index (κ2) is 9.03. The molecule has 0 bridgehead atoms. The maximum atomic E-state index is 13.2. The third-order valence-corrected chi connectivity index (χ3v) is 6.80. The summed E-state index contributed by atoms with van der Waals surface area (Å²) in [6.45, 7) is 1.46. The fourth-order valence-corrected chi connectivity index (χ4v) is 4.95. The van der Waals surface area contributed by atoms with Crippen molar-refractivity contribution in [2.45, 2.75) is 36.4 Å². The van der Waals surface area contributed by atoms with Gasteiger partial charge in [-0.3, -0.25) is 4.57 Å². The third kappa shape index (κ3) is 4.10. The Morgan fingerprint density at radius 3 is 2.85 bits per heavy atom. The topological polar surface area (TPSA) is 94.7 Å². The smallest absolute Gasteiger partial charge is 0.237 e. The minimum absolute atomic E-state index is 0.132. The molecule has 2 aromatic carbocycles. The van der Waals surface area contributed by atoms with Crippen molar-refractivity contribution in [3.8, 4) is 22.8 Å². The maximum absolute atomic E-state index is 13.2. The molecule has 34 heavy (non-hydrogen) atoms. The molecule has 1 N–H and O–H groups in total. The predicted molar refractivity (Wildman–Crippen MR) is 126 cm³/mol. The Hall–Kier alpha value is -3.50. The number of hydrogen-bond donors (Lipinski definition) is 1. The highest BCUT2D eigenvalue weighted by Crippen LogP contribution is 2.32. The quantitative estimate of drug-likeness (QED) is 0.327. The Balaban J connectivity index is 1.27. The number of ether oxygens (including phenoxy) is 1. The van der Waals surface area contributed by atoms with Crippen LogP contribution in [0.25, 0.3) is 33.7 Å². The molecule has 3 aromatic heterocycles. The molecule has 0 amide bonds. The standard InChI is InChI=1S/C24H21FN6O2S/c25-16-9-7-15(8-10-16)22-27-21(33-30-22)14-34-24-29-28-23(31(24)13-17-4-3-11-32-17)19-12-26-20-6-2-1-5-18(19)20/h1-2,5-10,12,17,26H,3-4,11,13-14H2. The van der Waals surface area contributed by atoms with Gasteiger partial charge in [-0.25, -0.2) is 4.39 Å². The molecule has 0 aliphatic carbocycles. The van der Waals surface area contributed by atoms with Crippen molar-refractivity contribution < 1.29 is 13.7 Å². The number of para-hydroxylation sites is 1. The van der Waals surface area contributed by atoms with Crippen LogP contribution >= 0.6 is 11.8 Å². The van der Waals surface area contributed by atoms with E-state index in [0.717, 1.165) is 46.9 Å². The van der Waals surface area contributed by atoms with Crippen molar-refractivity contribution in [1.82, 2.24) is 29.9 Å².